The summed E-state index contributed by atoms with van der Waals surface area (Å²) in [5, 5.41) is 12.1. The molecule has 5 nitrogen and oxygen atoms in total. The Labute approximate surface area is 157 Å². The van der Waals surface area contributed by atoms with Crippen molar-refractivity contribution in [2.45, 2.75) is 32.9 Å². The predicted molar refractivity (Wildman–Crippen MR) is 106 cm³/mol. The second kappa shape index (κ2) is 7.74. The van der Waals surface area contributed by atoms with Crippen LogP contribution in [0.2, 0.25) is 0 Å². The second-order valence-electron chi connectivity index (χ2n) is 6.31. The molecule has 0 fully saturated rings. The van der Waals surface area contributed by atoms with Crippen LogP contribution in [0.4, 0.5) is 5.69 Å². The maximum absolute atomic E-state index is 12.4. The quantitative estimate of drug-likeness (QED) is 0.687. The zero-order chi connectivity index (χ0) is 18.7. The molecule has 1 heterocycles. The highest BCUT2D eigenvalue weighted by Crippen LogP contribution is 2.24. The van der Waals surface area contributed by atoms with Gasteiger partial charge in [-0.05, 0) is 51.0 Å². The zero-order valence-corrected chi connectivity index (χ0v) is 16.2. The molecule has 0 saturated carbocycles. The molecular weight excluding hydrogens is 344 g/mol. The zero-order valence-electron chi connectivity index (χ0n) is 15.4. The Balaban J connectivity index is 1.72. The summed E-state index contributed by atoms with van der Waals surface area (Å²) in [5.41, 5.74) is 5.22. The molecule has 3 aromatic rings. The van der Waals surface area contributed by atoms with Crippen molar-refractivity contribution in [3.8, 4) is 5.69 Å². The average molecular weight is 366 g/mol. The molecule has 0 spiro atoms. The summed E-state index contributed by atoms with van der Waals surface area (Å²) in [6, 6.07) is 14.1. The molecule has 3 rings (SSSR count). The summed E-state index contributed by atoms with van der Waals surface area (Å²) in [4.78, 5) is 12.4. The summed E-state index contributed by atoms with van der Waals surface area (Å²) in [7, 11) is 0. The Morgan fingerprint density at radius 2 is 1.69 bits per heavy atom. The van der Waals surface area contributed by atoms with E-state index in [-0.39, 0.29) is 11.7 Å². The third kappa shape index (κ3) is 3.96. The Bertz CT molecular complexity index is 911. The first-order valence-corrected chi connectivity index (χ1v) is 9.42. The first kappa shape index (κ1) is 18.2. The summed E-state index contributed by atoms with van der Waals surface area (Å²) < 4.78 is 1.96. The second-order valence-corrected chi connectivity index (χ2v) is 7.25. The van der Waals surface area contributed by atoms with Crippen LogP contribution in [-0.2, 0) is 4.79 Å². The Morgan fingerprint density at radius 1 is 1.04 bits per heavy atom. The number of hydrogen-bond acceptors (Lipinski definition) is 4. The summed E-state index contributed by atoms with van der Waals surface area (Å²) in [6.45, 7) is 7.99. The van der Waals surface area contributed by atoms with Gasteiger partial charge < -0.3 is 5.32 Å². The van der Waals surface area contributed by atoms with Gasteiger partial charge in [0.05, 0.1) is 5.75 Å². The highest BCUT2D eigenvalue weighted by molar-refractivity contribution is 7.99. The van der Waals surface area contributed by atoms with E-state index in [1.807, 2.05) is 55.7 Å². The van der Waals surface area contributed by atoms with Crippen molar-refractivity contribution in [2.24, 2.45) is 0 Å². The number of para-hydroxylation sites is 1. The molecule has 0 unspecified atom stereocenters. The Kier molecular flexibility index (Phi) is 5.42. The fourth-order valence-corrected chi connectivity index (χ4v) is 3.79. The minimum atomic E-state index is -0.0506. The number of aryl methyl sites for hydroxylation is 4. The van der Waals surface area contributed by atoms with Gasteiger partial charge in [0, 0.05) is 11.4 Å². The normalized spacial score (nSPS) is 10.8. The Hall–Kier alpha value is -2.60. The molecule has 1 amide bonds. The van der Waals surface area contributed by atoms with E-state index in [0.29, 0.717) is 5.16 Å². The van der Waals surface area contributed by atoms with E-state index < -0.39 is 0 Å². The predicted octanol–water partition coefficient (Wildman–Crippen LogP) is 4.23. The topological polar surface area (TPSA) is 59.8 Å². The molecule has 2 aromatic carbocycles. The highest BCUT2D eigenvalue weighted by Gasteiger charge is 2.14. The fourth-order valence-electron chi connectivity index (χ4n) is 2.99. The molecule has 0 atom stereocenters. The summed E-state index contributed by atoms with van der Waals surface area (Å²) in [5.74, 6) is 1.02. The van der Waals surface area contributed by atoms with Gasteiger partial charge in [-0.3, -0.25) is 9.36 Å². The lowest BCUT2D eigenvalue weighted by molar-refractivity contribution is -0.113. The van der Waals surface area contributed by atoms with Gasteiger partial charge in [0.1, 0.15) is 5.82 Å². The van der Waals surface area contributed by atoms with Crippen LogP contribution < -0.4 is 5.32 Å². The van der Waals surface area contributed by atoms with E-state index in [2.05, 4.69) is 34.6 Å². The number of nitrogens with one attached hydrogen (secondary N) is 1. The number of benzene rings is 2. The molecule has 0 aliphatic carbocycles. The maximum atomic E-state index is 12.4. The highest BCUT2D eigenvalue weighted by atomic mass is 32.2. The van der Waals surface area contributed by atoms with Crippen LogP contribution in [0.1, 0.15) is 22.5 Å². The van der Waals surface area contributed by atoms with E-state index in [1.54, 1.807) is 0 Å². The molecule has 0 saturated heterocycles. The minimum Gasteiger partial charge on any atom is -0.325 e. The Morgan fingerprint density at radius 3 is 2.35 bits per heavy atom. The van der Waals surface area contributed by atoms with Gasteiger partial charge in [-0.2, -0.15) is 0 Å². The number of anilines is 1. The summed E-state index contributed by atoms with van der Waals surface area (Å²) in [6.07, 6.45) is 0. The SMILES string of the molecule is Cc1cc(C)c(NC(=O)CSc2nnc(C)n2-c2ccccc2)c(C)c1. The number of hydrogen-bond donors (Lipinski definition) is 1. The fraction of sp³-hybridized carbons (Fsp3) is 0.250. The number of aromatic nitrogens is 3. The minimum absolute atomic E-state index is 0.0506. The average Bonchev–Trinajstić information content (AvgIpc) is 2.97. The van der Waals surface area contributed by atoms with Gasteiger partial charge in [0.2, 0.25) is 5.91 Å². The molecule has 134 valence electrons. The number of nitrogens with zero attached hydrogens (tertiary/aromatic N) is 3. The van der Waals surface area contributed by atoms with Crippen molar-refractivity contribution in [1.29, 1.82) is 0 Å². The smallest absolute Gasteiger partial charge is 0.234 e. The molecule has 0 aliphatic heterocycles. The lowest BCUT2D eigenvalue weighted by Crippen LogP contribution is -2.16. The van der Waals surface area contributed by atoms with Gasteiger partial charge >= 0.3 is 0 Å². The van der Waals surface area contributed by atoms with Crippen molar-refractivity contribution >= 4 is 23.4 Å². The van der Waals surface area contributed by atoms with Crippen LogP contribution in [0.3, 0.4) is 0 Å². The lowest BCUT2D eigenvalue weighted by atomic mass is 10.1. The van der Waals surface area contributed by atoms with Gasteiger partial charge in [0.25, 0.3) is 0 Å². The van der Waals surface area contributed by atoms with Crippen molar-refractivity contribution < 1.29 is 4.79 Å². The molecule has 1 aromatic heterocycles. The molecule has 6 heteroatoms. The number of carbonyl (C=O) groups excluding carboxylic acids is 1. The van der Waals surface area contributed by atoms with Crippen molar-refractivity contribution in [1.82, 2.24) is 14.8 Å². The van der Waals surface area contributed by atoms with Gasteiger partial charge in [-0.25, -0.2) is 0 Å². The molecule has 26 heavy (non-hydrogen) atoms. The monoisotopic (exact) mass is 366 g/mol. The molecule has 0 radical (unpaired) electrons. The van der Waals surface area contributed by atoms with Crippen LogP contribution in [0.15, 0.2) is 47.6 Å². The van der Waals surface area contributed by atoms with E-state index in [0.717, 1.165) is 28.3 Å². The first-order valence-electron chi connectivity index (χ1n) is 8.43. The van der Waals surface area contributed by atoms with Crippen molar-refractivity contribution in [2.75, 3.05) is 11.1 Å². The first-order chi connectivity index (χ1) is 12.5. The molecule has 0 aliphatic rings. The standard InChI is InChI=1S/C20H22N4OS/c1-13-10-14(2)19(15(3)11-13)21-18(25)12-26-20-23-22-16(4)24(20)17-8-6-5-7-9-17/h5-11H,12H2,1-4H3,(H,21,25). The largest absolute Gasteiger partial charge is 0.325 e. The molecular formula is C20H22N4OS. The maximum Gasteiger partial charge on any atom is 0.234 e. The number of amides is 1. The van der Waals surface area contributed by atoms with Crippen LogP contribution in [-0.4, -0.2) is 26.4 Å². The molecule has 0 bridgehead atoms. The number of rotatable bonds is 5. The lowest BCUT2D eigenvalue weighted by Gasteiger charge is -2.13. The van der Waals surface area contributed by atoms with Crippen molar-refractivity contribution in [3.05, 3.63) is 65.0 Å². The third-order valence-corrected chi connectivity index (χ3v) is 5.01. The van der Waals surface area contributed by atoms with E-state index >= 15 is 0 Å². The van der Waals surface area contributed by atoms with Gasteiger partial charge in [-0.15, -0.1) is 10.2 Å². The van der Waals surface area contributed by atoms with E-state index in [1.165, 1.54) is 17.3 Å². The summed E-state index contributed by atoms with van der Waals surface area (Å²) >= 11 is 1.38. The third-order valence-electron chi connectivity index (χ3n) is 4.08. The number of carbonyl (C=O) groups is 1. The van der Waals surface area contributed by atoms with E-state index in [4.69, 9.17) is 0 Å². The van der Waals surface area contributed by atoms with Crippen molar-refractivity contribution in [3.63, 3.8) is 0 Å². The van der Waals surface area contributed by atoms with Crippen LogP contribution >= 0.6 is 11.8 Å². The van der Waals surface area contributed by atoms with Crippen LogP contribution in [0, 0.1) is 27.7 Å². The molecule has 1 N–H and O–H groups in total. The van der Waals surface area contributed by atoms with Gasteiger partial charge in [0.15, 0.2) is 5.16 Å². The van der Waals surface area contributed by atoms with E-state index in [9.17, 15) is 4.79 Å². The number of thioether (sulfide) groups is 1. The van der Waals surface area contributed by atoms with Crippen LogP contribution in [0.5, 0.6) is 0 Å². The van der Waals surface area contributed by atoms with Crippen LogP contribution in [0.25, 0.3) is 5.69 Å². The van der Waals surface area contributed by atoms with Gasteiger partial charge in [-0.1, -0.05) is 47.7 Å².